The fourth-order valence-electron chi connectivity index (χ4n) is 2.39. The quantitative estimate of drug-likeness (QED) is 0.679. The molecule has 1 fully saturated rings. The Labute approximate surface area is 122 Å². The SMILES string of the molecule is CCN1C(=O)C(=Cc2cccc3ccccc23)NC1=S. The zero-order valence-corrected chi connectivity index (χ0v) is 11.9. The maximum atomic E-state index is 12.2. The summed E-state index contributed by atoms with van der Waals surface area (Å²) < 4.78 is 0. The van der Waals surface area contributed by atoms with Crippen LogP contribution in [0, 0.1) is 0 Å². The molecule has 1 aliphatic heterocycles. The molecular weight excluding hydrogens is 268 g/mol. The van der Waals surface area contributed by atoms with Crippen LogP contribution in [0.2, 0.25) is 0 Å². The second-order valence-corrected chi connectivity index (χ2v) is 4.99. The van der Waals surface area contributed by atoms with Gasteiger partial charge in [0.05, 0.1) is 0 Å². The van der Waals surface area contributed by atoms with Crippen molar-refractivity contribution in [1.82, 2.24) is 10.2 Å². The maximum Gasteiger partial charge on any atom is 0.276 e. The lowest BCUT2D eigenvalue weighted by Gasteiger charge is -2.08. The summed E-state index contributed by atoms with van der Waals surface area (Å²) in [5.41, 5.74) is 1.55. The third-order valence-electron chi connectivity index (χ3n) is 3.40. The number of rotatable bonds is 2. The van der Waals surface area contributed by atoms with E-state index in [1.807, 2.05) is 37.3 Å². The molecule has 0 bridgehead atoms. The Bertz CT molecular complexity index is 731. The molecule has 20 heavy (non-hydrogen) atoms. The van der Waals surface area contributed by atoms with Crippen LogP contribution in [0.1, 0.15) is 12.5 Å². The van der Waals surface area contributed by atoms with Gasteiger partial charge in [0.2, 0.25) is 0 Å². The summed E-state index contributed by atoms with van der Waals surface area (Å²) in [6, 6.07) is 14.2. The lowest BCUT2D eigenvalue weighted by molar-refractivity contribution is -0.122. The highest BCUT2D eigenvalue weighted by Crippen LogP contribution is 2.22. The largest absolute Gasteiger partial charge is 0.328 e. The van der Waals surface area contributed by atoms with Gasteiger partial charge in [0.15, 0.2) is 5.11 Å². The Morgan fingerprint density at radius 2 is 1.95 bits per heavy atom. The number of amides is 1. The fraction of sp³-hybridized carbons (Fsp3) is 0.125. The number of nitrogens with one attached hydrogen (secondary N) is 1. The summed E-state index contributed by atoms with van der Waals surface area (Å²) in [7, 11) is 0. The summed E-state index contributed by atoms with van der Waals surface area (Å²) in [5.74, 6) is -0.0644. The minimum Gasteiger partial charge on any atom is -0.328 e. The molecule has 2 aromatic carbocycles. The number of thiocarbonyl (C=S) groups is 1. The molecule has 0 radical (unpaired) electrons. The Morgan fingerprint density at radius 3 is 2.70 bits per heavy atom. The zero-order valence-electron chi connectivity index (χ0n) is 11.1. The number of likely N-dealkylation sites (N-methyl/N-ethyl adjacent to an activating group) is 1. The van der Waals surface area contributed by atoms with Crippen LogP contribution in [0.4, 0.5) is 0 Å². The van der Waals surface area contributed by atoms with Crippen molar-refractivity contribution in [2.75, 3.05) is 6.54 Å². The van der Waals surface area contributed by atoms with Crippen molar-refractivity contribution >= 4 is 40.1 Å². The van der Waals surface area contributed by atoms with Crippen molar-refractivity contribution in [3.05, 3.63) is 53.7 Å². The van der Waals surface area contributed by atoms with E-state index in [1.54, 1.807) is 4.90 Å². The van der Waals surface area contributed by atoms with Crippen molar-refractivity contribution in [2.45, 2.75) is 6.92 Å². The number of hydrogen-bond donors (Lipinski definition) is 1. The van der Waals surface area contributed by atoms with Crippen LogP contribution in [-0.2, 0) is 4.79 Å². The smallest absolute Gasteiger partial charge is 0.276 e. The Balaban J connectivity index is 2.07. The lowest BCUT2D eigenvalue weighted by atomic mass is 10.0. The van der Waals surface area contributed by atoms with Crippen molar-refractivity contribution in [3.63, 3.8) is 0 Å². The van der Waals surface area contributed by atoms with Crippen LogP contribution in [0.15, 0.2) is 48.2 Å². The zero-order chi connectivity index (χ0) is 14.1. The van der Waals surface area contributed by atoms with Gasteiger partial charge in [0.1, 0.15) is 5.70 Å². The first-order chi connectivity index (χ1) is 9.70. The molecule has 100 valence electrons. The second kappa shape index (κ2) is 5.06. The molecule has 0 spiro atoms. The minimum absolute atomic E-state index is 0.0644. The molecule has 1 saturated heterocycles. The summed E-state index contributed by atoms with van der Waals surface area (Å²) in [6.07, 6.45) is 1.87. The van der Waals surface area contributed by atoms with E-state index >= 15 is 0 Å². The molecule has 1 N–H and O–H groups in total. The number of carbonyl (C=O) groups is 1. The molecule has 0 atom stereocenters. The standard InChI is InChI=1S/C16H14N2OS/c1-2-18-15(19)14(17-16(18)20)10-12-8-5-7-11-6-3-4-9-13(11)12/h3-10H,2H2,1H3,(H,17,20). The first-order valence-corrected chi connectivity index (χ1v) is 6.94. The average Bonchev–Trinajstić information content (AvgIpc) is 2.73. The third-order valence-corrected chi connectivity index (χ3v) is 3.72. The van der Waals surface area contributed by atoms with E-state index in [4.69, 9.17) is 12.2 Å². The predicted molar refractivity (Wildman–Crippen MR) is 85.0 cm³/mol. The number of fused-ring (bicyclic) bond motifs is 1. The van der Waals surface area contributed by atoms with Gasteiger partial charge in [-0.25, -0.2) is 0 Å². The van der Waals surface area contributed by atoms with Gasteiger partial charge < -0.3 is 5.32 Å². The van der Waals surface area contributed by atoms with Crippen LogP contribution < -0.4 is 5.32 Å². The van der Waals surface area contributed by atoms with Gasteiger partial charge in [-0.2, -0.15) is 0 Å². The first-order valence-electron chi connectivity index (χ1n) is 6.53. The molecule has 1 amide bonds. The van der Waals surface area contributed by atoms with Crippen LogP contribution in [-0.4, -0.2) is 22.5 Å². The van der Waals surface area contributed by atoms with Crippen LogP contribution in [0.5, 0.6) is 0 Å². The summed E-state index contributed by atoms with van der Waals surface area (Å²) >= 11 is 5.16. The third kappa shape index (κ3) is 2.08. The highest BCUT2D eigenvalue weighted by molar-refractivity contribution is 7.80. The normalized spacial score (nSPS) is 17.1. The summed E-state index contributed by atoms with van der Waals surface area (Å²) in [5, 5.41) is 5.74. The summed E-state index contributed by atoms with van der Waals surface area (Å²) in [6.45, 7) is 2.49. The van der Waals surface area contributed by atoms with E-state index in [2.05, 4.69) is 23.5 Å². The van der Waals surface area contributed by atoms with Crippen LogP contribution in [0.3, 0.4) is 0 Å². The van der Waals surface area contributed by atoms with E-state index in [0.717, 1.165) is 16.3 Å². The molecule has 0 unspecified atom stereocenters. The number of carbonyl (C=O) groups excluding carboxylic acids is 1. The fourth-order valence-corrected chi connectivity index (χ4v) is 2.71. The van der Waals surface area contributed by atoms with E-state index in [-0.39, 0.29) is 5.91 Å². The van der Waals surface area contributed by atoms with Crippen LogP contribution in [0.25, 0.3) is 16.8 Å². The van der Waals surface area contributed by atoms with Gasteiger partial charge >= 0.3 is 0 Å². The Kier molecular flexibility index (Phi) is 3.24. The molecule has 2 aromatic rings. The molecule has 0 saturated carbocycles. The molecular formula is C16H14N2OS. The van der Waals surface area contributed by atoms with Crippen molar-refractivity contribution in [2.24, 2.45) is 0 Å². The first kappa shape index (κ1) is 12.8. The molecule has 1 aliphatic rings. The number of benzene rings is 2. The summed E-state index contributed by atoms with van der Waals surface area (Å²) in [4.78, 5) is 13.8. The monoisotopic (exact) mass is 282 g/mol. The van der Waals surface area contributed by atoms with Gasteiger partial charge in [-0.15, -0.1) is 0 Å². The van der Waals surface area contributed by atoms with E-state index in [0.29, 0.717) is 17.4 Å². The van der Waals surface area contributed by atoms with Crippen molar-refractivity contribution in [1.29, 1.82) is 0 Å². The molecule has 0 aliphatic carbocycles. The Morgan fingerprint density at radius 1 is 1.20 bits per heavy atom. The van der Waals surface area contributed by atoms with Gasteiger partial charge in [-0.3, -0.25) is 9.69 Å². The maximum absolute atomic E-state index is 12.2. The molecule has 4 heteroatoms. The average molecular weight is 282 g/mol. The van der Waals surface area contributed by atoms with Crippen molar-refractivity contribution < 1.29 is 4.79 Å². The van der Waals surface area contributed by atoms with Gasteiger partial charge in [-0.1, -0.05) is 42.5 Å². The van der Waals surface area contributed by atoms with Gasteiger partial charge in [0.25, 0.3) is 5.91 Å². The highest BCUT2D eigenvalue weighted by atomic mass is 32.1. The van der Waals surface area contributed by atoms with Crippen LogP contribution >= 0.6 is 12.2 Å². The van der Waals surface area contributed by atoms with E-state index < -0.39 is 0 Å². The predicted octanol–water partition coefficient (Wildman–Crippen LogP) is 2.92. The van der Waals surface area contributed by atoms with Gasteiger partial charge in [-0.05, 0) is 41.6 Å². The highest BCUT2D eigenvalue weighted by Gasteiger charge is 2.28. The van der Waals surface area contributed by atoms with Gasteiger partial charge in [0, 0.05) is 6.54 Å². The molecule has 3 nitrogen and oxygen atoms in total. The Hall–Kier alpha value is -2.20. The molecule has 0 aromatic heterocycles. The van der Waals surface area contributed by atoms with E-state index in [1.165, 1.54) is 0 Å². The second-order valence-electron chi connectivity index (χ2n) is 4.61. The number of hydrogen-bond acceptors (Lipinski definition) is 2. The molecule has 3 rings (SSSR count). The number of nitrogens with zero attached hydrogens (tertiary/aromatic N) is 1. The van der Waals surface area contributed by atoms with Crippen molar-refractivity contribution in [3.8, 4) is 0 Å². The lowest BCUT2D eigenvalue weighted by Crippen LogP contribution is -2.30. The topological polar surface area (TPSA) is 32.3 Å². The minimum atomic E-state index is -0.0644. The molecule has 1 heterocycles. The van der Waals surface area contributed by atoms with E-state index in [9.17, 15) is 4.79 Å².